The lowest BCUT2D eigenvalue weighted by molar-refractivity contribution is 0.340. The average Bonchev–Trinajstić information content (AvgIpc) is 3.27. The largest absolute Gasteiger partial charge is 0.494 e. The first-order valence-electron chi connectivity index (χ1n) is 7.76. The highest BCUT2D eigenvalue weighted by molar-refractivity contribution is 5.57. The van der Waals surface area contributed by atoms with Crippen LogP contribution in [0.3, 0.4) is 0 Å². The lowest BCUT2D eigenvalue weighted by Crippen LogP contribution is -2.35. The number of nitrogens with one attached hydrogen (secondary N) is 1. The van der Waals surface area contributed by atoms with Crippen LogP contribution in [0.2, 0.25) is 0 Å². The van der Waals surface area contributed by atoms with Crippen LogP contribution < -0.4 is 10.1 Å². The van der Waals surface area contributed by atoms with E-state index in [9.17, 15) is 0 Å². The molecule has 0 saturated heterocycles. The van der Waals surface area contributed by atoms with Crippen molar-refractivity contribution < 1.29 is 4.74 Å². The molecule has 21 heavy (non-hydrogen) atoms. The molecule has 2 aliphatic rings. The average molecular weight is 284 g/mol. The quantitative estimate of drug-likeness (QED) is 0.936. The van der Waals surface area contributed by atoms with E-state index < -0.39 is 0 Å². The maximum Gasteiger partial charge on any atom is 0.164 e. The maximum absolute atomic E-state index is 5.49. The van der Waals surface area contributed by atoms with Crippen molar-refractivity contribution in [2.24, 2.45) is 5.92 Å². The second-order valence-corrected chi connectivity index (χ2v) is 5.76. The molecule has 1 atom stereocenters. The van der Waals surface area contributed by atoms with Crippen molar-refractivity contribution in [3.8, 4) is 17.1 Å². The molecule has 0 radical (unpaired) electrons. The third kappa shape index (κ3) is 2.31. The van der Waals surface area contributed by atoms with Crippen molar-refractivity contribution in [1.29, 1.82) is 0 Å². The van der Waals surface area contributed by atoms with E-state index in [1.165, 1.54) is 12.8 Å². The first-order valence-corrected chi connectivity index (χ1v) is 7.76. The van der Waals surface area contributed by atoms with E-state index in [4.69, 9.17) is 4.74 Å². The normalized spacial score (nSPS) is 21.1. The minimum Gasteiger partial charge on any atom is -0.494 e. The molecule has 5 nitrogen and oxygen atoms in total. The Morgan fingerprint density at radius 1 is 1.24 bits per heavy atom. The van der Waals surface area contributed by atoms with Gasteiger partial charge < -0.3 is 14.6 Å². The van der Waals surface area contributed by atoms with E-state index in [2.05, 4.69) is 32.2 Å². The predicted octanol–water partition coefficient (Wildman–Crippen LogP) is 2.40. The number of benzene rings is 1. The maximum atomic E-state index is 5.49. The minimum absolute atomic E-state index is 0.391. The zero-order valence-electron chi connectivity index (χ0n) is 12.2. The standard InChI is InChI=1S/C16H20N4O/c1-2-21-13-7-5-12(6-8-13)15-18-19-16-14(11-3-4-11)17-9-10-20(15)16/h5-8,11,14,17H,2-4,9-10H2,1H3. The highest BCUT2D eigenvalue weighted by atomic mass is 16.5. The Labute approximate surface area is 124 Å². The molecule has 0 bridgehead atoms. The zero-order chi connectivity index (χ0) is 14.2. The van der Waals surface area contributed by atoms with Crippen LogP contribution in [0, 0.1) is 5.92 Å². The Kier molecular flexibility index (Phi) is 3.15. The summed E-state index contributed by atoms with van der Waals surface area (Å²) >= 11 is 0. The molecule has 2 heterocycles. The fourth-order valence-electron chi connectivity index (χ4n) is 3.08. The summed E-state index contributed by atoms with van der Waals surface area (Å²) in [5.74, 6) is 3.73. The predicted molar refractivity (Wildman–Crippen MR) is 80.1 cm³/mol. The molecule has 2 aromatic rings. The topological polar surface area (TPSA) is 52.0 Å². The second-order valence-electron chi connectivity index (χ2n) is 5.76. The summed E-state index contributed by atoms with van der Waals surface area (Å²) in [6.07, 6.45) is 2.62. The summed E-state index contributed by atoms with van der Waals surface area (Å²) in [6.45, 7) is 4.62. The minimum atomic E-state index is 0.391. The molecule has 1 aromatic carbocycles. The van der Waals surface area contributed by atoms with Crippen LogP contribution in [0.5, 0.6) is 5.75 Å². The number of ether oxygens (including phenoxy) is 1. The Balaban J connectivity index is 1.66. The molecule has 1 aliphatic heterocycles. The summed E-state index contributed by atoms with van der Waals surface area (Å²) in [7, 11) is 0. The van der Waals surface area contributed by atoms with Crippen LogP contribution in [-0.4, -0.2) is 27.9 Å². The molecule has 1 aliphatic carbocycles. The number of aromatic nitrogens is 3. The van der Waals surface area contributed by atoms with Crippen molar-refractivity contribution in [2.45, 2.75) is 32.4 Å². The van der Waals surface area contributed by atoms with Crippen molar-refractivity contribution >= 4 is 0 Å². The van der Waals surface area contributed by atoms with Crippen molar-refractivity contribution in [3.63, 3.8) is 0 Å². The van der Waals surface area contributed by atoms with Crippen molar-refractivity contribution in [1.82, 2.24) is 20.1 Å². The number of hydrogen-bond acceptors (Lipinski definition) is 4. The lowest BCUT2D eigenvalue weighted by Gasteiger charge is -2.25. The van der Waals surface area contributed by atoms with E-state index in [-0.39, 0.29) is 0 Å². The molecular weight excluding hydrogens is 264 g/mol. The van der Waals surface area contributed by atoms with Crippen molar-refractivity contribution in [3.05, 3.63) is 30.1 Å². The molecule has 1 saturated carbocycles. The Hall–Kier alpha value is -1.88. The highest BCUT2D eigenvalue weighted by Crippen LogP contribution is 2.42. The smallest absolute Gasteiger partial charge is 0.164 e. The Morgan fingerprint density at radius 2 is 2.05 bits per heavy atom. The third-order valence-corrected chi connectivity index (χ3v) is 4.27. The van der Waals surface area contributed by atoms with Crippen molar-refractivity contribution in [2.75, 3.05) is 13.2 Å². The molecular formula is C16H20N4O. The van der Waals surface area contributed by atoms with Gasteiger partial charge in [0.25, 0.3) is 0 Å². The first kappa shape index (κ1) is 12.8. The van der Waals surface area contributed by atoms with E-state index >= 15 is 0 Å². The monoisotopic (exact) mass is 284 g/mol. The van der Waals surface area contributed by atoms with E-state index in [0.717, 1.165) is 42.0 Å². The SMILES string of the molecule is CCOc1ccc(-c2nnc3n2CCNC3C2CC2)cc1. The molecule has 4 rings (SSSR count). The van der Waals surface area contributed by atoms with Gasteiger partial charge in [-0.2, -0.15) is 0 Å². The molecule has 110 valence electrons. The molecule has 1 N–H and O–H groups in total. The van der Waals surface area contributed by atoms with E-state index in [0.29, 0.717) is 12.6 Å². The van der Waals surface area contributed by atoms with Gasteiger partial charge in [0.05, 0.1) is 12.6 Å². The zero-order valence-corrected chi connectivity index (χ0v) is 12.2. The molecule has 1 unspecified atom stereocenters. The molecule has 5 heteroatoms. The summed E-state index contributed by atoms with van der Waals surface area (Å²) in [5.41, 5.74) is 1.11. The fourth-order valence-corrected chi connectivity index (χ4v) is 3.08. The van der Waals surface area contributed by atoms with Gasteiger partial charge in [-0.1, -0.05) is 0 Å². The van der Waals surface area contributed by atoms with Crippen LogP contribution in [0.25, 0.3) is 11.4 Å². The molecule has 0 amide bonds. The summed E-state index contributed by atoms with van der Waals surface area (Å²) in [6, 6.07) is 8.52. The van der Waals surface area contributed by atoms with Crippen LogP contribution in [0.1, 0.15) is 31.6 Å². The summed E-state index contributed by atoms with van der Waals surface area (Å²) in [4.78, 5) is 0. The van der Waals surface area contributed by atoms with Crippen LogP contribution >= 0.6 is 0 Å². The Morgan fingerprint density at radius 3 is 2.76 bits per heavy atom. The molecule has 0 spiro atoms. The van der Waals surface area contributed by atoms with Gasteiger partial charge >= 0.3 is 0 Å². The van der Waals surface area contributed by atoms with Crippen LogP contribution in [-0.2, 0) is 6.54 Å². The highest BCUT2D eigenvalue weighted by Gasteiger charge is 2.37. The molecule has 1 fully saturated rings. The van der Waals surface area contributed by atoms with Gasteiger partial charge in [0.2, 0.25) is 0 Å². The first-order chi connectivity index (χ1) is 10.4. The number of nitrogens with zero attached hydrogens (tertiary/aromatic N) is 3. The van der Waals surface area contributed by atoms with Gasteiger partial charge in [-0.15, -0.1) is 10.2 Å². The van der Waals surface area contributed by atoms with Gasteiger partial charge in [-0.3, -0.25) is 0 Å². The summed E-state index contributed by atoms with van der Waals surface area (Å²) < 4.78 is 7.77. The van der Waals surface area contributed by atoms with Crippen LogP contribution in [0.4, 0.5) is 0 Å². The van der Waals surface area contributed by atoms with Gasteiger partial charge in [-0.05, 0) is 49.9 Å². The summed E-state index contributed by atoms with van der Waals surface area (Å²) in [5, 5.41) is 12.5. The van der Waals surface area contributed by atoms with Gasteiger partial charge in [0, 0.05) is 18.7 Å². The van der Waals surface area contributed by atoms with Gasteiger partial charge in [-0.25, -0.2) is 0 Å². The Bertz CT molecular complexity index is 630. The van der Waals surface area contributed by atoms with Crippen LogP contribution in [0.15, 0.2) is 24.3 Å². The van der Waals surface area contributed by atoms with Gasteiger partial charge in [0.15, 0.2) is 11.6 Å². The van der Waals surface area contributed by atoms with E-state index in [1.54, 1.807) is 0 Å². The number of fused-ring (bicyclic) bond motifs is 1. The van der Waals surface area contributed by atoms with Gasteiger partial charge in [0.1, 0.15) is 5.75 Å². The third-order valence-electron chi connectivity index (χ3n) is 4.27. The number of rotatable bonds is 4. The lowest BCUT2D eigenvalue weighted by atomic mass is 10.1. The second kappa shape index (κ2) is 5.15. The van der Waals surface area contributed by atoms with E-state index in [1.807, 2.05) is 19.1 Å². The molecule has 1 aromatic heterocycles. The fraction of sp³-hybridized carbons (Fsp3) is 0.500. The number of hydrogen-bond donors (Lipinski definition) is 1.